The van der Waals surface area contributed by atoms with Gasteiger partial charge < -0.3 is 16.0 Å². The van der Waals surface area contributed by atoms with Gasteiger partial charge in [-0.2, -0.15) is 0 Å². The minimum atomic E-state index is 1.07. The van der Waals surface area contributed by atoms with Gasteiger partial charge in [-0.25, -0.2) is 0 Å². The second-order valence-electron chi connectivity index (χ2n) is 3.54. The molecule has 3 heteroatoms. The van der Waals surface area contributed by atoms with E-state index in [1.807, 2.05) is 21.1 Å². The lowest BCUT2D eigenvalue weighted by molar-refractivity contribution is 0.835. The second kappa shape index (κ2) is 5.10. The molecule has 3 N–H and O–H groups in total. The first kappa shape index (κ1) is 12.0. The summed E-state index contributed by atoms with van der Waals surface area (Å²) in [4.78, 5) is 0. The summed E-state index contributed by atoms with van der Waals surface area (Å²) in [6, 6.07) is 0. The Labute approximate surface area is 93.0 Å². The molecule has 3 nitrogen and oxygen atoms in total. The van der Waals surface area contributed by atoms with Crippen LogP contribution in [0.15, 0.2) is 22.7 Å². The molecular weight excluding hydrogens is 186 g/mol. The minimum absolute atomic E-state index is 1.07. The highest BCUT2D eigenvalue weighted by Gasteiger charge is 2.30. The van der Waals surface area contributed by atoms with Crippen LogP contribution in [0.25, 0.3) is 0 Å². The Morgan fingerprint density at radius 2 is 1.27 bits per heavy atom. The van der Waals surface area contributed by atoms with Gasteiger partial charge in [-0.15, -0.1) is 0 Å². The zero-order valence-corrected chi connectivity index (χ0v) is 10.4. The molecule has 0 amide bonds. The fraction of sp³-hybridized carbons (Fsp3) is 0.583. The molecule has 0 spiro atoms. The van der Waals surface area contributed by atoms with Gasteiger partial charge in [-0.3, -0.25) is 0 Å². The predicted octanol–water partition coefficient (Wildman–Crippen LogP) is 1.52. The van der Waals surface area contributed by atoms with Crippen LogP contribution in [-0.2, 0) is 0 Å². The Hall–Kier alpha value is -1.12. The molecule has 0 unspecified atom stereocenters. The van der Waals surface area contributed by atoms with Crippen LogP contribution in [0.5, 0.6) is 0 Å². The molecule has 1 aliphatic rings. The average molecular weight is 208 g/mol. The van der Waals surface area contributed by atoms with Crippen molar-refractivity contribution in [2.24, 2.45) is 0 Å². The van der Waals surface area contributed by atoms with E-state index in [9.17, 15) is 0 Å². The summed E-state index contributed by atoms with van der Waals surface area (Å²) in [5.74, 6) is 1.42. The molecule has 85 valence electrons. The van der Waals surface area contributed by atoms with Crippen LogP contribution >= 0.6 is 0 Å². The maximum absolute atomic E-state index is 3.29. The molecule has 0 aliphatic heterocycles. The molecule has 0 bridgehead atoms. The summed E-state index contributed by atoms with van der Waals surface area (Å²) < 4.78 is 0. The molecule has 0 aromatic heterocycles. The molecule has 1 radical (unpaired) electrons. The standard InChI is InChI=1S/C12H22N3/c1-6-8-9(7-2)11(14-4)12(15-5)10(8)13-3/h13-15H,6-7H2,1-5H3. The first-order chi connectivity index (χ1) is 7.24. The summed E-state index contributed by atoms with van der Waals surface area (Å²) in [6.07, 6.45) is 2.13. The van der Waals surface area contributed by atoms with Crippen molar-refractivity contribution in [3.8, 4) is 0 Å². The van der Waals surface area contributed by atoms with Crippen LogP contribution in [0.2, 0.25) is 0 Å². The quantitative estimate of drug-likeness (QED) is 0.641. The van der Waals surface area contributed by atoms with Crippen molar-refractivity contribution in [2.45, 2.75) is 26.7 Å². The van der Waals surface area contributed by atoms with E-state index in [0.717, 1.165) is 12.8 Å². The fourth-order valence-corrected chi connectivity index (χ4v) is 2.31. The maximum Gasteiger partial charge on any atom is 0.0775 e. The molecule has 0 fully saturated rings. The van der Waals surface area contributed by atoms with Crippen molar-refractivity contribution < 1.29 is 0 Å². The first-order valence-corrected chi connectivity index (χ1v) is 5.62. The lowest BCUT2D eigenvalue weighted by Crippen LogP contribution is -2.21. The van der Waals surface area contributed by atoms with Crippen molar-refractivity contribution in [3.05, 3.63) is 28.6 Å². The van der Waals surface area contributed by atoms with Crippen molar-refractivity contribution in [1.82, 2.24) is 16.0 Å². The van der Waals surface area contributed by atoms with Crippen LogP contribution in [0.3, 0.4) is 0 Å². The van der Waals surface area contributed by atoms with Gasteiger partial charge >= 0.3 is 0 Å². The van der Waals surface area contributed by atoms with Crippen molar-refractivity contribution >= 4 is 0 Å². The number of likely N-dealkylation sites (N-methyl/N-ethyl adjacent to an activating group) is 2. The van der Waals surface area contributed by atoms with Crippen LogP contribution in [0.4, 0.5) is 0 Å². The molecule has 0 saturated heterocycles. The monoisotopic (exact) mass is 208 g/mol. The van der Waals surface area contributed by atoms with E-state index in [4.69, 9.17) is 0 Å². The van der Waals surface area contributed by atoms with Crippen LogP contribution in [-0.4, -0.2) is 21.1 Å². The molecule has 1 rings (SSSR count). The van der Waals surface area contributed by atoms with E-state index in [1.165, 1.54) is 28.6 Å². The van der Waals surface area contributed by atoms with Crippen LogP contribution < -0.4 is 16.0 Å². The van der Waals surface area contributed by atoms with Gasteiger partial charge in [0, 0.05) is 26.8 Å². The van der Waals surface area contributed by atoms with Gasteiger partial charge in [0.05, 0.1) is 17.3 Å². The highest BCUT2D eigenvalue weighted by atomic mass is 15.0. The lowest BCUT2D eigenvalue weighted by Gasteiger charge is -2.15. The number of nitrogens with one attached hydrogen (secondary N) is 3. The predicted molar refractivity (Wildman–Crippen MR) is 65.1 cm³/mol. The van der Waals surface area contributed by atoms with E-state index in [2.05, 4.69) is 29.8 Å². The molecule has 1 aliphatic carbocycles. The van der Waals surface area contributed by atoms with Crippen LogP contribution in [0, 0.1) is 5.92 Å². The van der Waals surface area contributed by atoms with E-state index < -0.39 is 0 Å². The maximum atomic E-state index is 3.29. The summed E-state index contributed by atoms with van der Waals surface area (Å²) >= 11 is 0. The van der Waals surface area contributed by atoms with Gasteiger partial charge in [0.1, 0.15) is 0 Å². The van der Waals surface area contributed by atoms with Gasteiger partial charge in [0.2, 0.25) is 0 Å². The summed E-state index contributed by atoms with van der Waals surface area (Å²) in [6.45, 7) is 4.41. The highest BCUT2D eigenvalue weighted by Crippen LogP contribution is 2.38. The Balaban J connectivity index is 3.17. The molecule has 15 heavy (non-hydrogen) atoms. The van der Waals surface area contributed by atoms with Gasteiger partial charge in [0.25, 0.3) is 0 Å². The van der Waals surface area contributed by atoms with E-state index >= 15 is 0 Å². The first-order valence-electron chi connectivity index (χ1n) is 5.62. The Kier molecular flexibility index (Phi) is 4.06. The zero-order chi connectivity index (χ0) is 11.4. The van der Waals surface area contributed by atoms with Gasteiger partial charge in [-0.05, 0) is 18.4 Å². The van der Waals surface area contributed by atoms with E-state index in [-0.39, 0.29) is 0 Å². The third kappa shape index (κ3) is 1.83. The normalized spacial score (nSPS) is 17.4. The molecule has 0 heterocycles. The smallest absolute Gasteiger partial charge is 0.0775 e. The number of rotatable bonds is 5. The third-order valence-corrected chi connectivity index (χ3v) is 2.92. The Morgan fingerprint density at radius 1 is 0.733 bits per heavy atom. The summed E-state index contributed by atoms with van der Waals surface area (Å²) in [7, 11) is 5.93. The summed E-state index contributed by atoms with van der Waals surface area (Å²) in [5, 5.41) is 9.86. The van der Waals surface area contributed by atoms with Gasteiger partial charge in [0.15, 0.2) is 0 Å². The highest BCUT2D eigenvalue weighted by molar-refractivity contribution is 5.57. The van der Waals surface area contributed by atoms with Crippen molar-refractivity contribution in [3.63, 3.8) is 0 Å². The topological polar surface area (TPSA) is 36.1 Å². The van der Waals surface area contributed by atoms with Crippen molar-refractivity contribution in [2.75, 3.05) is 21.1 Å². The van der Waals surface area contributed by atoms with E-state index in [0.29, 0.717) is 0 Å². The van der Waals surface area contributed by atoms with Gasteiger partial charge in [-0.1, -0.05) is 13.8 Å². The zero-order valence-electron chi connectivity index (χ0n) is 10.4. The SMILES string of the molecule is CC[C]1C(CC)=C(NC)C(NC)=C1NC. The summed E-state index contributed by atoms with van der Waals surface area (Å²) in [5.41, 5.74) is 5.09. The third-order valence-electron chi connectivity index (χ3n) is 2.92. The number of hydrogen-bond acceptors (Lipinski definition) is 3. The van der Waals surface area contributed by atoms with Crippen molar-refractivity contribution in [1.29, 1.82) is 0 Å². The fourth-order valence-electron chi connectivity index (χ4n) is 2.31. The molecule has 0 saturated carbocycles. The van der Waals surface area contributed by atoms with E-state index in [1.54, 1.807) is 0 Å². The average Bonchev–Trinajstić information content (AvgIpc) is 2.59. The number of allylic oxidation sites excluding steroid dienone is 1. The second-order valence-corrected chi connectivity index (χ2v) is 3.54. The molecule has 0 aromatic rings. The molecular formula is C12H22N3. The minimum Gasteiger partial charge on any atom is -0.389 e. The molecule has 0 atom stereocenters. The van der Waals surface area contributed by atoms with Crippen LogP contribution in [0.1, 0.15) is 26.7 Å². The Morgan fingerprint density at radius 3 is 1.60 bits per heavy atom. The molecule has 0 aromatic carbocycles. The lowest BCUT2D eigenvalue weighted by atomic mass is 9.95. The number of hydrogen-bond donors (Lipinski definition) is 3. The largest absolute Gasteiger partial charge is 0.389 e. The Bertz CT molecular complexity index is 261.